The molecule has 1 aliphatic rings. The maximum Gasteiger partial charge on any atom is 0.298 e. The maximum atomic E-state index is 12.6. The summed E-state index contributed by atoms with van der Waals surface area (Å²) in [7, 11) is 0. The van der Waals surface area contributed by atoms with Gasteiger partial charge in [0.25, 0.3) is 11.9 Å². The summed E-state index contributed by atoms with van der Waals surface area (Å²) in [5.41, 5.74) is 3.20. The molecule has 1 amide bonds. The summed E-state index contributed by atoms with van der Waals surface area (Å²) in [5, 5.41) is 10.7. The summed E-state index contributed by atoms with van der Waals surface area (Å²) in [5.74, 6) is -0.274. The van der Waals surface area contributed by atoms with Gasteiger partial charge in [0.1, 0.15) is 5.52 Å². The highest BCUT2D eigenvalue weighted by Gasteiger charge is 2.18. The molecule has 136 valence electrons. The van der Waals surface area contributed by atoms with E-state index in [9.17, 15) is 4.79 Å². The third-order valence-electron chi connectivity index (χ3n) is 4.60. The number of benzene rings is 2. The van der Waals surface area contributed by atoms with Crippen LogP contribution in [0.1, 0.15) is 10.5 Å². The number of ether oxygens (including phenoxy) is 1. The third-order valence-corrected chi connectivity index (χ3v) is 4.60. The van der Waals surface area contributed by atoms with Gasteiger partial charge in [-0.05, 0) is 24.3 Å². The number of hydrogen-bond donors (Lipinski definition) is 2. The molecule has 1 saturated heterocycles. The molecule has 1 aliphatic heterocycles. The van der Waals surface area contributed by atoms with Crippen LogP contribution in [0.4, 0.5) is 11.7 Å². The number of carbonyl (C=O) groups excluding carboxylic acids is 1. The van der Waals surface area contributed by atoms with E-state index in [2.05, 4.69) is 25.4 Å². The van der Waals surface area contributed by atoms with Gasteiger partial charge < -0.3 is 19.4 Å². The minimum atomic E-state index is -0.274. The molecule has 4 aromatic rings. The van der Waals surface area contributed by atoms with Crippen LogP contribution in [0.25, 0.3) is 22.0 Å². The Hall–Kier alpha value is -3.39. The average molecular weight is 363 g/mol. The second kappa shape index (κ2) is 6.40. The number of para-hydroxylation sites is 1. The van der Waals surface area contributed by atoms with E-state index in [1.54, 1.807) is 12.1 Å². The molecule has 8 nitrogen and oxygen atoms in total. The highest BCUT2D eigenvalue weighted by atomic mass is 16.5. The zero-order valence-corrected chi connectivity index (χ0v) is 14.4. The van der Waals surface area contributed by atoms with Gasteiger partial charge >= 0.3 is 0 Å². The summed E-state index contributed by atoms with van der Waals surface area (Å²) in [6.45, 7) is 2.83. The first-order valence-corrected chi connectivity index (χ1v) is 8.76. The number of rotatable bonds is 3. The van der Waals surface area contributed by atoms with Gasteiger partial charge in [-0.3, -0.25) is 9.89 Å². The van der Waals surface area contributed by atoms with Crippen molar-refractivity contribution in [3.8, 4) is 0 Å². The Labute approximate surface area is 154 Å². The number of nitrogens with one attached hydrogen (secondary N) is 2. The van der Waals surface area contributed by atoms with E-state index >= 15 is 0 Å². The molecule has 27 heavy (non-hydrogen) atoms. The highest BCUT2D eigenvalue weighted by molar-refractivity contribution is 6.11. The van der Waals surface area contributed by atoms with Crippen LogP contribution in [0.2, 0.25) is 0 Å². The van der Waals surface area contributed by atoms with Gasteiger partial charge in [-0.1, -0.05) is 18.2 Å². The van der Waals surface area contributed by atoms with E-state index in [0.29, 0.717) is 41.7 Å². The van der Waals surface area contributed by atoms with Crippen LogP contribution in [0.15, 0.2) is 46.9 Å². The van der Waals surface area contributed by atoms with Crippen LogP contribution in [-0.4, -0.2) is 47.4 Å². The minimum Gasteiger partial charge on any atom is -0.423 e. The Kier molecular flexibility index (Phi) is 3.75. The Morgan fingerprint density at radius 3 is 2.89 bits per heavy atom. The number of amides is 1. The van der Waals surface area contributed by atoms with Gasteiger partial charge in [-0.2, -0.15) is 10.1 Å². The molecule has 0 saturated carbocycles. The first-order chi connectivity index (χ1) is 13.3. The molecule has 0 bridgehead atoms. The lowest BCUT2D eigenvalue weighted by molar-refractivity contribution is 0.102. The van der Waals surface area contributed by atoms with E-state index < -0.39 is 0 Å². The Bertz CT molecular complexity index is 1130. The molecule has 2 aromatic carbocycles. The van der Waals surface area contributed by atoms with E-state index in [4.69, 9.17) is 9.15 Å². The van der Waals surface area contributed by atoms with Gasteiger partial charge in [-0.15, -0.1) is 0 Å². The quantitative estimate of drug-likeness (QED) is 0.581. The van der Waals surface area contributed by atoms with Gasteiger partial charge in [0.15, 0.2) is 11.3 Å². The number of anilines is 2. The number of fused-ring (bicyclic) bond motifs is 2. The number of carbonyl (C=O) groups is 1. The largest absolute Gasteiger partial charge is 0.423 e. The number of morpholine rings is 1. The molecule has 2 N–H and O–H groups in total. The zero-order chi connectivity index (χ0) is 18.2. The highest BCUT2D eigenvalue weighted by Crippen LogP contribution is 2.26. The predicted octanol–water partition coefficient (Wildman–Crippen LogP) is 2.79. The summed E-state index contributed by atoms with van der Waals surface area (Å²) in [6, 6.07) is 13.5. The van der Waals surface area contributed by atoms with Crippen LogP contribution in [0.3, 0.4) is 0 Å². The number of hydrogen-bond acceptors (Lipinski definition) is 6. The topological polar surface area (TPSA) is 96.3 Å². The summed E-state index contributed by atoms with van der Waals surface area (Å²) < 4.78 is 11.2. The lowest BCUT2D eigenvalue weighted by Crippen LogP contribution is -2.36. The number of aromatic amines is 1. The normalized spacial score (nSPS) is 14.7. The first-order valence-electron chi connectivity index (χ1n) is 8.76. The minimum absolute atomic E-state index is 0.274. The summed E-state index contributed by atoms with van der Waals surface area (Å²) >= 11 is 0. The number of oxazole rings is 1. The van der Waals surface area contributed by atoms with Crippen LogP contribution in [-0.2, 0) is 4.74 Å². The number of aromatic nitrogens is 3. The smallest absolute Gasteiger partial charge is 0.298 e. The fraction of sp³-hybridized carbons (Fsp3) is 0.211. The van der Waals surface area contributed by atoms with E-state index in [1.807, 2.05) is 30.3 Å². The fourth-order valence-electron chi connectivity index (χ4n) is 3.21. The molecule has 0 unspecified atom stereocenters. The van der Waals surface area contributed by atoms with Gasteiger partial charge in [0, 0.05) is 24.2 Å². The zero-order valence-electron chi connectivity index (χ0n) is 14.4. The molecule has 1 fully saturated rings. The lowest BCUT2D eigenvalue weighted by Gasteiger charge is -2.24. The molecular formula is C19H17N5O3. The molecular weight excluding hydrogens is 346 g/mol. The second-order valence-corrected chi connectivity index (χ2v) is 6.35. The van der Waals surface area contributed by atoms with Crippen molar-refractivity contribution in [2.24, 2.45) is 0 Å². The van der Waals surface area contributed by atoms with Crippen LogP contribution in [0.5, 0.6) is 0 Å². The van der Waals surface area contributed by atoms with Crippen molar-refractivity contribution in [1.29, 1.82) is 0 Å². The van der Waals surface area contributed by atoms with Crippen molar-refractivity contribution in [2.75, 3.05) is 36.5 Å². The second-order valence-electron chi connectivity index (χ2n) is 6.35. The fourth-order valence-corrected chi connectivity index (χ4v) is 3.21. The van der Waals surface area contributed by atoms with Crippen LogP contribution in [0, 0.1) is 0 Å². The first kappa shape index (κ1) is 15.8. The van der Waals surface area contributed by atoms with Crippen molar-refractivity contribution < 1.29 is 13.9 Å². The van der Waals surface area contributed by atoms with E-state index in [1.165, 1.54) is 0 Å². The third kappa shape index (κ3) is 2.89. The summed E-state index contributed by atoms with van der Waals surface area (Å²) in [6.07, 6.45) is 0. The van der Waals surface area contributed by atoms with Crippen molar-refractivity contribution in [2.45, 2.75) is 0 Å². The molecule has 3 heterocycles. The molecule has 8 heteroatoms. The Balaban J connectivity index is 1.40. The van der Waals surface area contributed by atoms with Gasteiger partial charge in [-0.25, -0.2) is 0 Å². The van der Waals surface area contributed by atoms with Crippen LogP contribution >= 0.6 is 0 Å². The lowest BCUT2D eigenvalue weighted by atomic mass is 10.2. The molecule has 0 radical (unpaired) electrons. The van der Waals surface area contributed by atoms with Gasteiger partial charge in [0.05, 0.1) is 18.7 Å². The van der Waals surface area contributed by atoms with Crippen molar-refractivity contribution in [1.82, 2.24) is 15.2 Å². The van der Waals surface area contributed by atoms with Crippen LogP contribution < -0.4 is 10.2 Å². The predicted molar refractivity (Wildman–Crippen MR) is 101 cm³/mol. The number of nitrogens with zero attached hydrogens (tertiary/aromatic N) is 3. The summed E-state index contributed by atoms with van der Waals surface area (Å²) in [4.78, 5) is 19.2. The van der Waals surface area contributed by atoms with E-state index in [-0.39, 0.29) is 5.91 Å². The van der Waals surface area contributed by atoms with Crippen molar-refractivity contribution in [3.05, 3.63) is 48.2 Å². The Morgan fingerprint density at radius 2 is 2.00 bits per heavy atom. The average Bonchev–Trinajstić information content (AvgIpc) is 3.32. The molecule has 2 aromatic heterocycles. The maximum absolute atomic E-state index is 12.6. The Morgan fingerprint density at radius 1 is 1.15 bits per heavy atom. The molecule has 0 aliphatic carbocycles. The number of H-pyrrole nitrogens is 1. The molecule has 0 atom stereocenters. The SMILES string of the molecule is O=C(Nc1ccc2oc(N3CCOCC3)nc2c1)c1n[nH]c2ccccc12. The standard InChI is InChI=1S/C19H17N5O3/c25-18(17-13-3-1-2-4-14(13)22-23-17)20-12-5-6-16-15(11-12)21-19(27-16)24-7-9-26-10-8-24/h1-6,11H,7-10H2,(H,20,25)(H,22,23). The van der Waals surface area contributed by atoms with Crippen molar-refractivity contribution >= 4 is 39.6 Å². The van der Waals surface area contributed by atoms with E-state index in [0.717, 1.165) is 24.0 Å². The molecule has 5 rings (SSSR count). The monoisotopic (exact) mass is 363 g/mol. The van der Waals surface area contributed by atoms with Crippen molar-refractivity contribution in [3.63, 3.8) is 0 Å². The van der Waals surface area contributed by atoms with Gasteiger partial charge in [0.2, 0.25) is 0 Å². The molecule has 0 spiro atoms.